The van der Waals surface area contributed by atoms with Crippen molar-refractivity contribution in [3.8, 4) is 6.07 Å². The third-order valence-electron chi connectivity index (χ3n) is 4.41. The Morgan fingerprint density at radius 1 is 1.30 bits per heavy atom. The van der Waals surface area contributed by atoms with Gasteiger partial charge in [0.1, 0.15) is 11.9 Å². The summed E-state index contributed by atoms with van der Waals surface area (Å²) in [5, 5.41) is 8.76. The van der Waals surface area contributed by atoms with Crippen LogP contribution in [0.25, 0.3) is 0 Å². The van der Waals surface area contributed by atoms with Crippen LogP contribution >= 0.6 is 0 Å². The Morgan fingerprint density at radius 2 is 2.05 bits per heavy atom. The molecule has 1 aromatic carbocycles. The van der Waals surface area contributed by atoms with Gasteiger partial charge in [0, 0.05) is 0 Å². The Kier molecular flexibility index (Phi) is 5.35. The Balaban J connectivity index is 1.90. The maximum Gasteiger partial charge on any atom is 0.141 e. The van der Waals surface area contributed by atoms with Crippen LogP contribution in [0.5, 0.6) is 0 Å². The first-order valence-corrected chi connectivity index (χ1v) is 7.55. The van der Waals surface area contributed by atoms with Crippen molar-refractivity contribution in [1.29, 1.82) is 5.26 Å². The number of hydrogen-bond donors (Lipinski definition) is 0. The lowest BCUT2D eigenvalue weighted by atomic mass is 9.77. The lowest BCUT2D eigenvalue weighted by Gasteiger charge is -2.28. The molecule has 1 aliphatic carbocycles. The van der Waals surface area contributed by atoms with Crippen molar-refractivity contribution in [2.45, 2.75) is 51.4 Å². The van der Waals surface area contributed by atoms with Crippen LogP contribution in [0.2, 0.25) is 0 Å². The van der Waals surface area contributed by atoms with E-state index in [-0.39, 0.29) is 11.4 Å². The molecule has 2 heteroatoms. The molecule has 20 heavy (non-hydrogen) atoms. The predicted octanol–water partition coefficient (Wildman–Crippen LogP) is 5.33. The summed E-state index contributed by atoms with van der Waals surface area (Å²) in [6.07, 6.45) is 11.6. The quantitative estimate of drug-likeness (QED) is 0.679. The van der Waals surface area contributed by atoms with Gasteiger partial charge < -0.3 is 0 Å². The maximum absolute atomic E-state index is 13.7. The minimum Gasteiger partial charge on any atom is -0.206 e. The Hall–Kier alpha value is -1.62. The van der Waals surface area contributed by atoms with Crippen molar-refractivity contribution < 1.29 is 4.39 Å². The van der Waals surface area contributed by atoms with E-state index in [1.54, 1.807) is 12.1 Å². The highest BCUT2D eigenvalue weighted by Crippen LogP contribution is 2.37. The van der Waals surface area contributed by atoms with Crippen molar-refractivity contribution >= 4 is 0 Å². The molecular formula is C18H22FN. The summed E-state index contributed by atoms with van der Waals surface area (Å²) in [6, 6.07) is 6.98. The number of halogens is 1. The molecule has 0 amide bonds. The highest BCUT2D eigenvalue weighted by Gasteiger charge is 2.22. The first kappa shape index (κ1) is 14.8. The van der Waals surface area contributed by atoms with E-state index in [9.17, 15) is 4.39 Å². The average molecular weight is 271 g/mol. The molecule has 1 aliphatic rings. The zero-order chi connectivity index (χ0) is 14.4. The van der Waals surface area contributed by atoms with Gasteiger partial charge >= 0.3 is 0 Å². The van der Waals surface area contributed by atoms with Gasteiger partial charge in [0.05, 0.1) is 5.56 Å². The molecule has 0 unspecified atom stereocenters. The average Bonchev–Trinajstić information content (AvgIpc) is 2.48. The first-order chi connectivity index (χ1) is 9.74. The van der Waals surface area contributed by atoms with Crippen LogP contribution in [0.3, 0.4) is 0 Å². The van der Waals surface area contributed by atoms with Crippen molar-refractivity contribution in [3.63, 3.8) is 0 Å². The zero-order valence-corrected chi connectivity index (χ0v) is 12.1. The van der Waals surface area contributed by atoms with Gasteiger partial charge in [-0.25, -0.2) is 4.39 Å². The van der Waals surface area contributed by atoms with Crippen molar-refractivity contribution in [1.82, 2.24) is 0 Å². The van der Waals surface area contributed by atoms with E-state index in [0.717, 1.165) is 24.3 Å². The van der Waals surface area contributed by atoms with Gasteiger partial charge in [0.15, 0.2) is 0 Å². The lowest BCUT2D eigenvalue weighted by molar-refractivity contribution is 0.311. The molecule has 0 heterocycles. The summed E-state index contributed by atoms with van der Waals surface area (Å²) in [5.74, 6) is 0.918. The molecule has 0 bridgehead atoms. The van der Waals surface area contributed by atoms with Gasteiger partial charge in [-0.15, -0.1) is 0 Å². The summed E-state index contributed by atoms with van der Waals surface area (Å²) in [6.45, 7) is 2.07. The van der Waals surface area contributed by atoms with Gasteiger partial charge in [-0.05, 0) is 75.0 Å². The molecule has 0 aliphatic heterocycles. The lowest BCUT2D eigenvalue weighted by Crippen LogP contribution is -2.13. The third-order valence-corrected chi connectivity index (χ3v) is 4.41. The number of benzene rings is 1. The van der Waals surface area contributed by atoms with Crippen LogP contribution < -0.4 is 0 Å². The van der Waals surface area contributed by atoms with E-state index in [0.29, 0.717) is 5.92 Å². The second kappa shape index (κ2) is 7.24. The van der Waals surface area contributed by atoms with E-state index in [2.05, 4.69) is 19.1 Å². The van der Waals surface area contributed by atoms with E-state index < -0.39 is 0 Å². The predicted molar refractivity (Wildman–Crippen MR) is 79.9 cm³/mol. The van der Waals surface area contributed by atoms with Crippen molar-refractivity contribution in [2.75, 3.05) is 0 Å². The van der Waals surface area contributed by atoms with Gasteiger partial charge in [-0.1, -0.05) is 18.2 Å². The second-order valence-corrected chi connectivity index (χ2v) is 5.72. The summed E-state index contributed by atoms with van der Waals surface area (Å²) in [5.41, 5.74) is 1.21. The summed E-state index contributed by atoms with van der Waals surface area (Å²) in [4.78, 5) is 0. The van der Waals surface area contributed by atoms with Gasteiger partial charge in [0.2, 0.25) is 0 Å². The fourth-order valence-corrected chi connectivity index (χ4v) is 3.16. The Bertz CT molecular complexity index is 505. The summed E-state index contributed by atoms with van der Waals surface area (Å²) < 4.78 is 13.7. The molecule has 106 valence electrons. The maximum atomic E-state index is 13.7. The first-order valence-electron chi connectivity index (χ1n) is 7.55. The molecule has 0 spiro atoms. The highest BCUT2D eigenvalue weighted by molar-refractivity contribution is 5.34. The molecule has 1 nitrogen and oxygen atoms in total. The van der Waals surface area contributed by atoms with Crippen LogP contribution in [0.15, 0.2) is 30.4 Å². The van der Waals surface area contributed by atoms with Gasteiger partial charge in [0.25, 0.3) is 0 Å². The van der Waals surface area contributed by atoms with E-state index >= 15 is 0 Å². The molecule has 1 aromatic rings. The molecule has 0 saturated heterocycles. The normalized spacial score (nSPS) is 22.9. The molecule has 0 N–H and O–H groups in total. The third kappa shape index (κ3) is 3.70. The monoisotopic (exact) mass is 271 g/mol. The number of nitrogens with zero attached hydrogens (tertiary/aromatic N) is 1. The number of hydrogen-bond acceptors (Lipinski definition) is 1. The largest absolute Gasteiger partial charge is 0.206 e. The summed E-state index contributed by atoms with van der Waals surface area (Å²) in [7, 11) is 0. The SMILES string of the molecule is CC=CCCC1CCC(c2ccc(C#N)c(F)c2)CC1. The molecule has 2 rings (SSSR count). The van der Waals surface area contributed by atoms with Gasteiger partial charge in [-0.2, -0.15) is 5.26 Å². The second-order valence-electron chi connectivity index (χ2n) is 5.72. The van der Waals surface area contributed by atoms with Crippen molar-refractivity contribution in [3.05, 3.63) is 47.3 Å². The highest BCUT2D eigenvalue weighted by atomic mass is 19.1. The fraction of sp³-hybridized carbons (Fsp3) is 0.500. The standard InChI is InChI=1S/C18H22FN/c1-2-3-4-5-14-6-8-15(9-7-14)16-10-11-17(13-20)18(19)12-16/h2-3,10-12,14-15H,4-9H2,1H3. The van der Waals surface area contributed by atoms with Crippen LogP contribution in [0, 0.1) is 23.1 Å². The summed E-state index contributed by atoms with van der Waals surface area (Å²) >= 11 is 0. The van der Waals surface area contributed by atoms with Crippen LogP contribution in [-0.2, 0) is 0 Å². The van der Waals surface area contributed by atoms with Gasteiger partial charge in [-0.3, -0.25) is 0 Å². The van der Waals surface area contributed by atoms with Crippen LogP contribution in [0.1, 0.15) is 62.5 Å². The van der Waals surface area contributed by atoms with Crippen LogP contribution in [-0.4, -0.2) is 0 Å². The van der Waals surface area contributed by atoms with E-state index in [1.807, 2.05) is 12.1 Å². The molecular weight excluding hydrogens is 249 g/mol. The molecule has 0 radical (unpaired) electrons. The minimum atomic E-state index is -0.375. The Morgan fingerprint density at radius 3 is 2.65 bits per heavy atom. The van der Waals surface area contributed by atoms with E-state index in [4.69, 9.17) is 5.26 Å². The smallest absolute Gasteiger partial charge is 0.141 e. The van der Waals surface area contributed by atoms with Crippen molar-refractivity contribution in [2.24, 2.45) is 5.92 Å². The molecule has 1 fully saturated rings. The molecule has 1 saturated carbocycles. The Labute approximate surface area is 121 Å². The minimum absolute atomic E-state index is 0.147. The molecule has 0 aromatic heterocycles. The number of allylic oxidation sites excluding steroid dienone is 2. The number of rotatable bonds is 4. The fourth-order valence-electron chi connectivity index (χ4n) is 3.16. The zero-order valence-electron chi connectivity index (χ0n) is 12.1. The number of nitriles is 1. The van der Waals surface area contributed by atoms with Crippen LogP contribution in [0.4, 0.5) is 4.39 Å². The van der Waals surface area contributed by atoms with E-state index in [1.165, 1.54) is 25.7 Å². The topological polar surface area (TPSA) is 23.8 Å². The molecule has 0 atom stereocenters.